The molecule has 3 aromatic rings. The maximum atomic E-state index is 14.2. The number of aliphatic hydroxyl groups excluding tert-OH is 2. The van der Waals surface area contributed by atoms with E-state index in [2.05, 4.69) is 55.4 Å². The topological polar surface area (TPSA) is 124 Å². The zero-order valence-electron chi connectivity index (χ0n) is 33.0. The average Bonchev–Trinajstić information content (AvgIpc) is 3.49. The first kappa shape index (κ1) is 41.6. The molecule has 0 radical (unpaired) electrons. The van der Waals surface area contributed by atoms with Crippen molar-refractivity contribution in [3.8, 4) is 16.9 Å². The second-order valence-electron chi connectivity index (χ2n) is 16.4. The van der Waals surface area contributed by atoms with Gasteiger partial charge in [0, 0.05) is 46.3 Å². The Morgan fingerprint density at radius 3 is 2.46 bits per heavy atom. The van der Waals surface area contributed by atoms with Crippen LogP contribution in [0.2, 0.25) is 5.02 Å². The second-order valence-corrected chi connectivity index (χ2v) is 16.9. The summed E-state index contributed by atoms with van der Waals surface area (Å²) in [7, 11) is 5.54. The average molecular weight is 763 g/mol. The standard InChI is InChI=1S/C43H59ClN4O6/c1-26-22-43(4,5)27(2)17-36(26)46-42(52)39-38(28(3)50)37(25-49)54-48(39)23-30-15-12-16-35(40(30)53-8)31-19-32(21-33(44)20-31)41(51)45-34(24-47(6)7)18-29-13-10-9-11-14-29/h9-16,19-21,26-28,34,36-39,49-50H,17-18,22-25H2,1-8H3,(H,45,51)(H,46,52)/t26-,27+,28-,34-,36-,37-,38+,39-/m0/s1. The summed E-state index contributed by atoms with van der Waals surface area (Å²) in [6.45, 7) is 11.0. The molecular formula is C43H59ClN4O6. The van der Waals surface area contributed by atoms with Crippen LogP contribution >= 0.6 is 11.6 Å². The van der Waals surface area contributed by atoms with E-state index in [-0.39, 0.29) is 48.4 Å². The van der Waals surface area contributed by atoms with Crippen LogP contribution in [0.5, 0.6) is 5.75 Å². The van der Waals surface area contributed by atoms with Crippen molar-refractivity contribution < 1.29 is 29.4 Å². The van der Waals surface area contributed by atoms with Gasteiger partial charge in [0.1, 0.15) is 17.9 Å². The zero-order valence-corrected chi connectivity index (χ0v) is 33.8. The number of rotatable bonds is 14. The van der Waals surface area contributed by atoms with Gasteiger partial charge in [-0.2, -0.15) is 5.06 Å². The number of carbonyl (C=O) groups is 2. The SMILES string of the molecule is COc1c(CN2O[C@@H](CO)[C@@H]([C@H](C)O)[C@H]2C(=O)N[C@H]2C[C@@H](C)C(C)(C)C[C@@H]2C)cccc1-c1cc(Cl)cc(C(=O)N[C@@H](Cc2ccccc2)CN(C)C)c1. The first-order valence-corrected chi connectivity index (χ1v) is 19.5. The van der Waals surface area contributed by atoms with Gasteiger partial charge in [-0.25, -0.2) is 0 Å². The van der Waals surface area contributed by atoms with Crippen molar-refractivity contribution in [3.63, 3.8) is 0 Å². The first-order valence-electron chi connectivity index (χ1n) is 19.1. The lowest BCUT2D eigenvalue weighted by Gasteiger charge is -2.45. The van der Waals surface area contributed by atoms with Crippen molar-refractivity contribution in [2.75, 3.05) is 34.4 Å². The number of hydrogen-bond acceptors (Lipinski definition) is 8. The number of methoxy groups -OCH3 is 1. The molecule has 11 heteroatoms. The Hall–Kier alpha value is -3.51. The molecule has 8 atom stereocenters. The molecule has 0 spiro atoms. The predicted molar refractivity (Wildman–Crippen MR) is 213 cm³/mol. The van der Waals surface area contributed by atoms with Gasteiger partial charge in [-0.3, -0.25) is 14.4 Å². The van der Waals surface area contributed by atoms with Gasteiger partial charge < -0.3 is 30.5 Å². The number of carbonyl (C=O) groups excluding carboxylic acids is 2. The summed E-state index contributed by atoms with van der Waals surface area (Å²) < 4.78 is 6.02. The van der Waals surface area contributed by atoms with Crippen molar-refractivity contribution in [1.82, 2.24) is 20.6 Å². The lowest BCUT2D eigenvalue weighted by molar-refractivity contribution is -0.182. The molecule has 0 unspecified atom stereocenters. The van der Waals surface area contributed by atoms with E-state index in [0.717, 1.165) is 24.0 Å². The number of hydroxylamine groups is 2. The van der Waals surface area contributed by atoms with Crippen LogP contribution in [-0.4, -0.2) is 96.7 Å². The van der Waals surface area contributed by atoms with Gasteiger partial charge in [-0.05, 0) is 86.9 Å². The van der Waals surface area contributed by atoms with Gasteiger partial charge in [-0.15, -0.1) is 0 Å². The van der Waals surface area contributed by atoms with Gasteiger partial charge in [0.2, 0.25) is 5.91 Å². The smallest absolute Gasteiger partial charge is 0.251 e. The third-order valence-electron chi connectivity index (χ3n) is 11.5. The van der Waals surface area contributed by atoms with E-state index in [0.29, 0.717) is 46.3 Å². The summed E-state index contributed by atoms with van der Waals surface area (Å²) in [4.78, 5) is 36.3. The molecular weight excluding hydrogens is 704 g/mol. The molecule has 4 N–H and O–H groups in total. The third-order valence-corrected chi connectivity index (χ3v) is 11.7. The Kier molecular flexibility index (Phi) is 13.9. The number of likely N-dealkylation sites (N-methyl/N-ethyl adjacent to an activating group) is 1. The molecule has 294 valence electrons. The van der Waals surface area contributed by atoms with E-state index in [1.54, 1.807) is 37.3 Å². The number of para-hydroxylation sites is 1. The highest BCUT2D eigenvalue weighted by Gasteiger charge is 2.50. The Labute approximate surface area is 326 Å². The molecule has 0 aromatic heterocycles. The largest absolute Gasteiger partial charge is 0.496 e. The number of nitrogens with zero attached hydrogens (tertiary/aromatic N) is 2. The van der Waals surface area contributed by atoms with E-state index < -0.39 is 24.2 Å². The summed E-state index contributed by atoms with van der Waals surface area (Å²) in [5, 5.41) is 29.7. The fourth-order valence-corrected chi connectivity index (χ4v) is 8.68. The highest BCUT2D eigenvalue weighted by atomic mass is 35.5. The van der Waals surface area contributed by atoms with Crippen LogP contribution in [0.1, 0.15) is 68.9 Å². The predicted octanol–water partition coefficient (Wildman–Crippen LogP) is 5.97. The Balaban J connectivity index is 1.41. The number of aliphatic hydroxyl groups is 2. The molecule has 2 aliphatic rings. The minimum absolute atomic E-state index is 0.0196. The van der Waals surface area contributed by atoms with Gasteiger partial charge in [0.05, 0.1) is 26.4 Å². The van der Waals surface area contributed by atoms with E-state index in [4.69, 9.17) is 21.2 Å². The minimum Gasteiger partial charge on any atom is -0.496 e. The van der Waals surface area contributed by atoms with Crippen LogP contribution in [0.4, 0.5) is 0 Å². The highest BCUT2D eigenvalue weighted by molar-refractivity contribution is 6.31. The fraction of sp³-hybridized carbons (Fsp3) is 0.535. The fourth-order valence-electron chi connectivity index (χ4n) is 8.44. The van der Waals surface area contributed by atoms with Crippen molar-refractivity contribution in [3.05, 3.63) is 88.4 Å². The van der Waals surface area contributed by atoms with Crippen LogP contribution < -0.4 is 15.4 Å². The molecule has 1 saturated heterocycles. The quantitative estimate of drug-likeness (QED) is 0.159. The van der Waals surface area contributed by atoms with E-state index in [9.17, 15) is 19.8 Å². The molecule has 1 aliphatic carbocycles. The Morgan fingerprint density at radius 2 is 1.81 bits per heavy atom. The third kappa shape index (κ3) is 9.83. The number of amides is 2. The molecule has 54 heavy (non-hydrogen) atoms. The number of halogens is 1. The summed E-state index contributed by atoms with van der Waals surface area (Å²) >= 11 is 6.66. The summed E-state index contributed by atoms with van der Waals surface area (Å²) in [5.74, 6) is 0.0948. The number of benzene rings is 3. The molecule has 1 heterocycles. The first-order chi connectivity index (χ1) is 25.6. The lowest BCUT2D eigenvalue weighted by atomic mass is 9.64. The lowest BCUT2D eigenvalue weighted by Crippen LogP contribution is -2.55. The summed E-state index contributed by atoms with van der Waals surface area (Å²) in [6, 6.07) is 20.0. The number of hydrogen-bond donors (Lipinski definition) is 4. The second kappa shape index (κ2) is 18.0. The minimum atomic E-state index is -0.918. The molecule has 1 saturated carbocycles. The van der Waals surface area contributed by atoms with Gasteiger partial charge in [-0.1, -0.05) is 87.8 Å². The van der Waals surface area contributed by atoms with Crippen molar-refractivity contribution in [2.45, 2.75) is 90.8 Å². The molecule has 2 fully saturated rings. The van der Waals surface area contributed by atoms with Crippen LogP contribution in [0.25, 0.3) is 11.1 Å². The van der Waals surface area contributed by atoms with Gasteiger partial charge >= 0.3 is 0 Å². The molecule has 10 nitrogen and oxygen atoms in total. The Bertz CT molecular complexity index is 1740. The normalized spacial score (nSPS) is 25.3. The van der Waals surface area contributed by atoms with Crippen molar-refractivity contribution >= 4 is 23.4 Å². The van der Waals surface area contributed by atoms with Crippen LogP contribution in [0, 0.1) is 23.2 Å². The maximum absolute atomic E-state index is 14.2. The summed E-state index contributed by atoms with van der Waals surface area (Å²) in [6.07, 6.45) is 0.831. The number of ether oxygens (including phenoxy) is 1. The summed E-state index contributed by atoms with van der Waals surface area (Å²) in [5.41, 5.74) is 3.85. The molecule has 0 bridgehead atoms. The van der Waals surface area contributed by atoms with Gasteiger partial charge in [0.25, 0.3) is 5.91 Å². The molecule has 1 aliphatic heterocycles. The van der Waals surface area contributed by atoms with Crippen LogP contribution in [0.15, 0.2) is 66.7 Å². The van der Waals surface area contributed by atoms with Crippen LogP contribution in [-0.2, 0) is 22.6 Å². The zero-order chi connectivity index (χ0) is 39.3. The number of nitrogens with one attached hydrogen (secondary N) is 2. The molecule has 5 rings (SSSR count). The Morgan fingerprint density at radius 1 is 1.09 bits per heavy atom. The van der Waals surface area contributed by atoms with E-state index in [1.165, 1.54) is 0 Å². The van der Waals surface area contributed by atoms with Crippen LogP contribution in [0.3, 0.4) is 0 Å². The maximum Gasteiger partial charge on any atom is 0.251 e. The molecule has 2 amide bonds. The van der Waals surface area contributed by atoms with Crippen molar-refractivity contribution in [2.24, 2.45) is 23.2 Å². The van der Waals surface area contributed by atoms with Crippen molar-refractivity contribution in [1.29, 1.82) is 0 Å². The van der Waals surface area contributed by atoms with E-state index >= 15 is 0 Å². The van der Waals surface area contributed by atoms with Gasteiger partial charge in [0.15, 0.2) is 0 Å². The van der Waals surface area contributed by atoms with E-state index in [1.807, 2.05) is 50.5 Å². The molecule has 3 aromatic carbocycles. The highest BCUT2D eigenvalue weighted by Crippen LogP contribution is 2.44. The monoisotopic (exact) mass is 762 g/mol.